The summed E-state index contributed by atoms with van der Waals surface area (Å²) in [6.45, 7) is 12.6. The maximum absolute atomic E-state index is 12.3. The second-order valence-corrected chi connectivity index (χ2v) is 8.79. The van der Waals surface area contributed by atoms with E-state index in [-0.39, 0.29) is 16.6 Å². The first kappa shape index (κ1) is 16.4. The molecule has 2 rings (SSSR count). The minimum absolute atomic E-state index is 0.0641. The second kappa shape index (κ2) is 6.41. The summed E-state index contributed by atoms with van der Waals surface area (Å²) in [6, 6.07) is 6.27. The minimum Gasteiger partial charge on any atom is -0.326 e. The smallest absolute Gasteiger partial charge is 0.227 e. The molecule has 0 saturated carbocycles. The van der Waals surface area contributed by atoms with E-state index in [0.717, 1.165) is 24.3 Å². The Morgan fingerprint density at radius 2 is 2.05 bits per heavy atom. The molecule has 1 saturated heterocycles. The number of hydrogen-bond acceptors (Lipinski definition) is 3. The van der Waals surface area contributed by atoms with Crippen LogP contribution in [0, 0.1) is 18.8 Å². The Bertz CT molecular complexity index is 518. The average molecular weight is 306 g/mol. The third-order valence-electron chi connectivity index (χ3n) is 3.81. The number of carbonyl (C=O) groups excluding carboxylic acids is 1. The van der Waals surface area contributed by atoms with Crippen molar-refractivity contribution < 1.29 is 4.79 Å². The van der Waals surface area contributed by atoms with Gasteiger partial charge in [0.15, 0.2) is 0 Å². The highest BCUT2D eigenvalue weighted by Crippen LogP contribution is 2.33. The molecule has 1 aliphatic rings. The molecule has 0 spiro atoms. The highest BCUT2D eigenvalue weighted by atomic mass is 32.2. The highest BCUT2D eigenvalue weighted by Gasteiger charge is 2.28. The number of carbonyl (C=O) groups is 1. The van der Waals surface area contributed by atoms with Gasteiger partial charge in [0.1, 0.15) is 0 Å². The van der Waals surface area contributed by atoms with E-state index >= 15 is 0 Å². The first-order valence-corrected chi connectivity index (χ1v) is 8.39. The largest absolute Gasteiger partial charge is 0.326 e. The van der Waals surface area contributed by atoms with Crippen molar-refractivity contribution in [3.8, 4) is 0 Å². The minimum atomic E-state index is 0.0641. The van der Waals surface area contributed by atoms with E-state index in [1.54, 1.807) is 0 Å². The van der Waals surface area contributed by atoms with Gasteiger partial charge in [-0.05, 0) is 49.7 Å². The van der Waals surface area contributed by atoms with Crippen LogP contribution in [-0.4, -0.2) is 23.7 Å². The van der Waals surface area contributed by atoms with Crippen LogP contribution in [0.15, 0.2) is 23.1 Å². The van der Waals surface area contributed by atoms with Crippen molar-refractivity contribution in [1.29, 1.82) is 0 Å². The van der Waals surface area contributed by atoms with Gasteiger partial charge in [0.2, 0.25) is 5.91 Å². The summed E-state index contributed by atoms with van der Waals surface area (Å²) >= 11 is 1.85. The SMILES string of the molecule is Cc1cc(SC(C)(C)C)ccc1NC(=O)C(C)C1CNC1. The van der Waals surface area contributed by atoms with Gasteiger partial charge < -0.3 is 10.6 Å². The first-order valence-electron chi connectivity index (χ1n) is 7.57. The standard InChI is InChI=1S/C17H26N2OS/c1-11-8-14(21-17(3,4)5)6-7-15(11)19-16(20)12(2)13-9-18-10-13/h6-8,12-13,18H,9-10H2,1-5H3,(H,19,20). The van der Waals surface area contributed by atoms with Crippen molar-refractivity contribution >= 4 is 23.4 Å². The van der Waals surface area contributed by atoms with Crippen molar-refractivity contribution in [1.82, 2.24) is 5.32 Å². The predicted octanol–water partition coefficient (Wildman–Crippen LogP) is 3.68. The molecule has 1 amide bonds. The normalized spacial score (nSPS) is 17.2. The predicted molar refractivity (Wildman–Crippen MR) is 90.9 cm³/mol. The summed E-state index contributed by atoms with van der Waals surface area (Å²) in [7, 11) is 0. The summed E-state index contributed by atoms with van der Waals surface area (Å²) < 4.78 is 0.197. The van der Waals surface area contributed by atoms with E-state index in [0.29, 0.717) is 5.92 Å². The topological polar surface area (TPSA) is 41.1 Å². The molecule has 0 radical (unpaired) electrons. The van der Waals surface area contributed by atoms with Crippen LogP contribution in [0.5, 0.6) is 0 Å². The maximum atomic E-state index is 12.3. The zero-order valence-electron chi connectivity index (χ0n) is 13.6. The molecule has 0 bridgehead atoms. The molecule has 1 aliphatic heterocycles. The molecule has 116 valence electrons. The molecule has 1 unspecified atom stereocenters. The summed E-state index contributed by atoms with van der Waals surface area (Å²) in [5.74, 6) is 0.663. The van der Waals surface area contributed by atoms with Gasteiger partial charge in [-0.3, -0.25) is 4.79 Å². The zero-order chi connectivity index (χ0) is 15.6. The summed E-state index contributed by atoms with van der Waals surface area (Å²) in [4.78, 5) is 13.5. The summed E-state index contributed by atoms with van der Waals surface area (Å²) in [5, 5.41) is 6.29. The summed E-state index contributed by atoms with van der Waals surface area (Å²) in [6.07, 6.45) is 0. The lowest BCUT2D eigenvalue weighted by Crippen LogP contribution is -2.48. The number of benzene rings is 1. The number of thioether (sulfide) groups is 1. The van der Waals surface area contributed by atoms with Crippen LogP contribution in [-0.2, 0) is 4.79 Å². The molecule has 4 heteroatoms. The van der Waals surface area contributed by atoms with Gasteiger partial charge in [-0.25, -0.2) is 0 Å². The lowest BCUT2D eigenvalue weighted by molar-refractivity contribution is -0.121. The van der Waals surface area contributed by atoms with Crippen molar-refractivity contribution in [2.24, 2.45) is 11.8 Å². The van der Waals surface area contributed by atoms with Crippen LogP contribution in [0.25, 0.3) is 0 Å². The van der Waals surface area contributed by atoms with E-state index in [1.807, 2.05) is 24.8 Å². The Balaban J connectivity index is 2.01. The number of aryl methyl sites for hydroxylation is 1. The third-order valence-corrected chi connectivity index (χ3v) is 4.92. The Morgan fingerprint density at radius 1 is 1.38 bits per heavy atom. The van der Waals surface area contributed by atoms with Gasteiger partial charge >= 0.3 is 0 Å². The lowest BCUT2D eigenvalue weighted by atomic mass is 9.88. The molecule has 1 atom stereocenters. The molecule has 21 heavy (non-hydrogen) atoms. The van der Waals surface area contributed by atoms with Crippen LogP contribution < -0.4 is 10.6 Å². The molecule has 0 aromatic heterocycles. The monoisotopic (exact) mass is 306 g/mol. The van der Waals surface area contributed by atoms with E-state index in [9.17, 15) is 4.79 Å². The highest BCUT2D eigenvalue weighted by molar-refractivity contribution is 8.00. The molecule has 0 aliphatic carbocycles. The third kappa shape index (κ3) is 4.48. The number of nitrogens with one attached hydrogen (secondary N) is 2. The average Bonchev–Trinajstić information content (AvgIpc) is 2.28. The van der Waals surface area contributed by atoms with E-state index in [2.05, 4.69) is 50.5 Å². The summed E-state index contributed by atoms with van der Waals surface area (Å²) in [5.41, 5.74) is 2.05. The van der Waals surface area contributed by atoms with Gasteiger partial charge in [-0.1, -0.05) is 27.7 Å². The van der Waals surface area contributed by atoms with Gasteiger partial charge in [0, 0.05) is 21.2 Å². The molecule has 1 aromatic carbocycles. The molecule has 1 fully saturated rings. The van der Waals surface area contributed by atoms with Gasteiger partial charge in [-0.2, -0.15) is 0 Å². The van der Waals surface area contributed by atoms with Crippen LogP contribution in [0.2, 0.25) is 0 Å². The molecule has 1 heterocycles. The van der Waals surface area contributed by atoms with E-state index in [4.69, 9.17) is 0 Å². The Morgan fingerprint density at radius 3 is 2.52 bits per heavy atom. The van der Waals surface area contributed by atoms with Crippen LogP contribution in [0.3, 0.4) is 0 Å². The maximum Gasteiger partial charge on any atom is 0.227 e. The number of rotatable bonds is 4. The van der Waals surface area contributed by atoms with E-state index in [1.165, 1.54) is 4.90 Å². The second-order valence-electron chi connectivity index (χ2n) is 6.89. The van der Waals surface area contributed by atoms with Crippen LogP contribution in [0.1, 0.15) is 33.3 Å². The molecule has 2 N–H and O–H groups in total. The fourth-order valence-corrected chi connectivity index (χ4v) is 3.40. The van der Waals surface area contributed by atoms with Gasteiger partial charge in [0.05, 0.1) is 0 Å². The van der Waals surface area contributed by atoms with Crippen LogP contribution in [0.4, 0.5) is 5.69 Å². The number of hydrogen-bond donors (Lipinski definition) is 2. The van der Waals surface area contributed by atoms with Crippen molar-refractivity contribution in [3.05, 3.63) is 23.8 Å². The number of anilines is 1. The molecule has 1 aromatic rings. The van der Waals surface area contributed by atoms with E-state index < -0.39 is 0 Å². The molecular formula is C17H26N2OS. The Labute approximate surface area is 132 Å². The van der Waals surface area contributed by atoms with Crippen molar-refractivity contribution in [2.75, 3.05) is 18.4 Å². The fourth-order valence-electron chi connectivity index (χ4n) is 2.32. The van der Waals surface area contributed by atoms with Gasteiger partial charge in [-0.15, -0.1) is 11.8 Å². The Hall–Kier alpha value is -1.00. The lowest BCUT2D eigenvalue weighted by Gasteiger charge is -2.31. The quantitative estimate of drug-likeness (QED) is 0.834. The van der Waals surface area contributed by atoms with Crippen LogP contribution >= 0.6 is 11.8 Å². The molecular weight excluding hydrogens is 280 g/mol. The first-order chi connectivity index (χ1) is 9.76. The van der Waals surface area contributed by atoms with Gasteiger partial charge in [0.25, 0.3) is 0 Å². The Kier molecular flexibility index (Phi) is 4.99. The molecule has 3 nitrogen and oxygen atoms in total. The van der Waals surface area contributed by atoms with Crippen molar-refractivity contribution in [2.45, 2.75) is 44.3 Å². The fraction of sp³-hybridized carbons (Fsp3) is 0.588. The number of amides is 1. The van der Waals surface area contributed by atoms with Crippen molar-refractivity contribution in [3.63, 3.8) is 0 Å². The zero-order valence-corrected chi connectivity index (χ0v) is 14.4.